The van der Waals surface area contributed by atoms with Gasteiger partial charge >= 0.3 is 6.16 Å². The maximum absolute atomic E-state index is 12.5. The van der Waals surface area contributed by atoms with Crippen LogP contribution in [0, 0.1) is 6.92 Å². The molecule has 2 amide bonds. The van der Waals surface area contributed by atoms with E-state index in [0.717, 1.165) is 11.1 Å². The van der Waals surface area contributed by atoms with E-state index in [1.165, 1.54) is 30.3 Å². The second-order valence-corrected chi connectivity index (χ2v) is 7.02. The number of benzene rings is 3. The van der Waals surface area contributed by atoms with Crippen LogP contribution in [0.4, 0.5) is 16.2 Å². The highest BCUT2D eigenvalue weighted by molar-refractivity contribution is 6.05. The third-order valence-electron chi connectivity index (χ3n) is 4.57. The summed E-state index contributed by atoms with van der Waals surface area (Å²) >= 11 is 0. The van der Waals surface area contributed by atoms with Crippen molar-refractivity contribution in [2.45, 2.75) is 13.8 Å². The Morgan fingerprint density at radius 2 is 1.58 bits per heavy atom. The van der Waals surface area contributed by atoms with Crippen molar-refractivity contribution in [3.63, 3.8) is 0 Å². The molecule has 0 fully saturated rings. The van der Waals surface area contributed by atoms with Crippen LogP contribution in [0.1, 0.15) is 28.4 Å². The van der Waals surface area contributed by atoms with Crippen molar-refractivity contribution in [3.05, 3.63) is 95.6 Å². The van der Waals surface area contributed by atoms with E-state index < -0.39 is 6.16 Å². The highest BCUT2D eigenvalue weighted by Gasteiger charge is 2.09. The highest BCUT2D eigenvalue weighted by Crippen LogP contribution is 2.18. The van der Waals surface area contributed by atoms with Crippen molar-refractivity contribution in [2.24, 2.45) is 0 Å². The van der Waals surface area contributed by atoms with Gasteiger partial charge in [-0.15, -0.1) is 0 Å². The Hall–Kier alpha value is -4.39. The summed E-state index contributed by atoms with van der Waals surface area (Å²) < 4.78 is 9.69. The monoisotopic (exact) mass is 444 g/mol. The molecule has 0 aliphatic carbocycles. The summed E-state index contributed by atoms with van der Waals surface area (Å²) in [5, 5.41) is 5.56. The molecule has 0 saturated carbocycles. The zero-order chi connectivity index (χ0) is 23.6. The first-order valence-corrected chi connectivity index (χ1v) is 10.4. The van der Waals surface area contributed by atoms with Gasteiger partial charge in [-0.25, -0.2) is 4.79 Å². The summed E-state index contributed by atoms with van der Waals surface area (Å²) in [5.41, 5.74) is 3.49. The molecule has 0 spiro atoms. The minimum absolute atomic E-state index is 0.210. The van der Waals surface area contributed by atoms with Crippen molar-refractivity contribution in [1.29, 1.82) is 0 Å². The quantitative estimate of drug-likeness (QED) is 0.288. The summed E-state index contributed by atoms with van der Waals surface area (Å²) in [7, 11) is 0. The second-order valence-electron chi connectivity index (χ2n) is 7.02. The zero-order valence-corrected chi connectivity index (χ0v) is 18.3. The molecule has 7 heteroatoms. The number of ether oxygens (including phenoxy) is 2. The van der Waals surface area contributed by atoms with Gasteiger partial charge in [0.1, 0.15) is 5.75 Å². The Morgan fingerprint density at radius 1 is 0.879 bits per heavy atom. The first-order chi connectivity index (χ1) is 15.9. The van der Waals surface area contributed by atoms with Crippen LogP contribution >= 0.6 is 0 Å². The minimum Gasteiger partial charge on any atom is -0.434 e. The van der Waals surface area contributed by atoms with E-state index in [1.54, 1.807) is 37.3 Å². The van der Waals surface area contributed by atoms with Gasteiger partial charge in [-0.2, -0.15) is 0 Å². The third kappa shape index (κ3) is 7.07. The van der Waals surface area contributed by atoms with E-state index in [4.69, 9.17) is 9.47 Å². The molecule has 0 aromatic heterocycles. The minimum atomic E-state index is -0.803. The predicted molar refractivity (Wildman–Crippen MR) is 127 cm³/mol. The predicted octanol–water partition coefficient (Wildman–Crippen LogP) is 5.43. The summed E-state index contributed by atoms with van der Waals surface area (Å²) in [6.07, 6.45) is 2.42. The molecule has 0 heterocycles. The molecule has 0 unspecified atom stereocenters. The normalized spacial score (nSPS) is 10.5. The number of amides is 2. The van der Waals surface area contributed by atoms with E-state index >= 15 is 0 Å². The number of carbonyl (C=O) groups excluding carboxylic acids is 3. The Bertz CT molecular complexity index is 1170. The molecule has 0 aliphatic rings. The number of carbonyl (C=O) groups is 3. The molecule has 33 heavy (non-hydrogen) atoms. The van der Waals surface area contributed by atoms with Crippen LogP contribution in [-0.4, -0.2) is 24.6 Å². The van der Waals surface area contributed by atoms with Gasteiger partial charge in [0.2, 0.25) is 5.91 Å². The number of rotatable bonds is 7. The van der Waals surface area contributed by atoms with E-state index in [9.17, 15) is 14.4 Å². The number of hydrogen-bond donors (Lipinski definition) is 2. The lowest BCUT2D eigenvalue weighted by Gasteiger charge is -2.09. The van der Waals surface area contributed by atoms with Crippen molar-refractivity contribution in [2.75, 3.05) is 17.2 Å². The Kier molecular flexibility index (Phi) is 7.96. The van der Waals surface area contributed by atoms with Gasteiger partial charge in [-0.3, -0.25) is 9.59 Å². The molecular weight excluding hydrogens is 420 g/mol. The zero-order valence-electron chi connectivity index (χ0n) is 18.3. The van der Waals surface area contributed by atoms with E-state index in [2.05, 4.69) is 10.6 Å². The largest absolute Gasteiger partial charge is 0.513 e. The van der Waals surface area contributed by atoms with Gasteiger partial charge in [0, 0.05) is 23.0 Å². The van der Waals surface area contributed by atoms with Crippen LogP contribution in [-0.2, 0) is 9.53 Å². The van der Waals surface area contributed by atoms with Gasteiger partial charge in [0.15, 0.2) is 0 Å². The van der Waals surface area contributed by atoms with Gasteiger partial charge in [0.05, 0.1) is 6.61 Å². The van der Waals surface area contributed by atoms with Gasteiger partial charge in [0.25, 0.3) is 5.91 Å². The Morgan fingerprint density at radius 3 is 2.27 bits per heavy atom. The molecule has 0 bridgehead atoms. The molecule has 3 rings (SSSR count). The molecule has 3 aromatic rings. The lowest BCUT2D eigenvalue weighted by atomic mass is 10.1. The SMILES string of the molecule is CCOC(=O)Oc1ccc(C(=O)Nc2cccc(NC(=O)/C=C/c3ccccc3C)c2)cc1. The van der Waals surface area contributed by atoms with E-state index in [0.29, 0.717) is 16.9 Å². The van der Waals surface area contributed by atoms with Gasteiger partial charge in [-0.05, 0) is 73.5 Å². The topological polar surface area (TPSA) is 93.7 Å². The number of aryl methyl sites for hydroxylation is 1. The van der Waals surface area contributed by atoms with Crippen LogP contribution < -0.4 is 15.4 Å². The molecule has 0 aliphatic heterocycles. The third-order valence-corrected chi connectivity index (χ3v) is 4.57. The summed E-state index contributed by atoms with van der Waals surface area (Å²) in [4.78, 5) is 36.2. The van der Waals surface area contributed by atoms with Gasteiger partial charge < -0.3 is 20.1 Å². The number of nitrogens with one attached hydrogen (secondary N) is 2. The fraction of sp³-hybridized carbons (Fsp3) is 0.115. The first-order valence-electron chi connectivity index (χ1n) is 10.4. The van der Waals surface area contributed by atoms with Crippen LogP contribution in [0.15, 0.2) is 78.9 Å². The molecule has 0 saturated heterocycles. The molecule has 3 aromatic carbocycles. The average molecular weight is 444 g/mol. The number of anilines is 2. The number of hydrogen-bond acceptors (Lipinski definition) is 5. The van der Waals surface area contributed by atoms with E-state index in [1.807, 2.05) is 31.2 Å². The van der Waals surface area contributed by atoms with Crippen molar-refractivity contribution < 1.29 is 23.9 Å². The lowest BCUT2D eigenvalue weighted by Crippen LogP contribution is -2.13. The maximum atomic E-state index is 12.5. The smallest absolute Gasteiger partial charge is 0.434 e. The molecule has 7 nitrogen and oxygen atoms in total. The van der Waals surface area contributed by atoms with Crippen LogP contribution in [0.25, 0.3) is 6.08 Å². The summed E-state index contributed by atoms with van der Waals surface area (Å²) in [6.45, 7) is 3.86. The van der Waals surface area contributed by atoms with Gasteiger partial charge in [-0.1, -0.05) is 30.3 Å². The fourth-order valence-electron chi connectivity index (χ4n) is 2.92. The standard InChI is InChI=1S/C26H24N2O5/c1-3-32-26(31)33-23-14-11-20(12-15-23)25(30)28-22-10-6-9-21(17-22)27-24(29)16-13-19-8-5-4-7-18(19)2/h4-17H,3H2,1-2H3,(H,27,29)(H,28,30)/b16-13+. The van der Waals surface area contributed by atoms with Crippen LogP contribution in [0.2, 0.25) is 0 Å². The van der Waals surface area contributed by atoms with Crippen molar-refractivity contribution in [3.8, 4) is 5.75 Å². The molecule has 2 N–H and O–H groups in total. The summed E-state index contributed by atoms with van der Waals surface area (Å²) in [6, 6.07) is 20.7. The molecule has 0 radical (unpaired) electrons. The molecule has 168 valence electrons. The first kappa shape index (κ1) is 23.3. The highest BCUT2D eigenvalue weighted by atomic mass is 16.7. The van der Waals surface area contributed by atoms with Crippen LogP contribution in [0.3, 0.4) is 0 Å². The summed E-state index contributed by atoms with van der Waals surface area (Å²) in [5.74, 6) is -0.354. The Balaban J connectivity index is 1.59. The fourth-order valence-corrected chi connectivity index (χ4v) is 2.92. The Labute approximate surface area is 192 Å². The molecular formula is C26H24N2O5. The van der Waals surface area contributed by atoms with E-state index in [-0.39, 0.29) is 24.2 Å². The lowest BCUT2D eigenvalue weighted by molar-refractivity contribution is -0.111. The molecule has 0 atom stereocenters. The van der Waals surface area contributed by atoms with Crippen molar-refractivity contribution >= 4 is 35.4 Å². The van der Waals surface area contributed by atoms with Crippen LogP contribution in [0.5, 0.6) is 5.75 Å². The van der Waals surface area contributed by atoms with Crippen molar-refractivity contribution in [1.82, 2.24) is 0 Å². The average Bonchev–Trinajstić information content (AvgIpc) is 2.79. The second kappa shape index (κ2) is 11.3. The maximum Gasteiger partial charge on any atom is 0.513 e.